The third-order valence-corrected chi connectivity index (χ3v) is 6.49. The SMILES string of the molecule is CNC(=O)c1c(Oc2ccc(F)c(-c3ncc(Cc4cccc(CCC(=O)OC)c4)[nH]3)c2)c(F)cc2[nH]ccc12. The number of ether oxygens (including phenoxy) is 2. The molecule has 5 rings (SSSR count). The van der Waals surface area contributed by atoms with Gasteiger partial charge in [0.15, 0.2) is 11.6 Å². The van der Waals surface area contributed by atoms with Crippen LogP contribution in [0.15, 0.2) is 67.0 Å². The molecule has 0 radical (unpaired) electrons. The Labute approximate surface area is 228 Å². The van der Waals surface area contributed by atoms with Crippen LogP contribution in [0.5, 0.6) is 11.5 Å². The van der Waals surface area contributed by atoms with E-state index in [0.29, 0.717) is 30.2 Å². The lowest BCUT2D eigenvalue weighted by molar-refractivity contribution is -0.140. The summed E-state index contributed by atoms with van der Waals surface area (Å²) in [6, 6.07) is 14.7. The quantitative estimate of drug-likeness (QED) is 0.207. The van der Waals surface area contributed by atoms with Crippen molar-refractivity contribution < 1.29 is 27.8 Å². The number of carbonyl (C=O) groups excluding carboxylic acids is 2. The second-order valence-corrected chi connectivity index (χ2v) is 9.15. The predicted octanol–water partition coefficient (Wildman–Crippen LogP) is 5.68. The van der Waals surface area contributed by atoms with Gasteiger partial charge in [-0.05, 0) is 41.8 Å². The molecule has 0 atom stereocenters. The van der Waals surface area contributed by atoms with Gasteiger partial charge in [-0.3, -0.25) is 9.59 Å². The minimum atomic E-state index is -0.742. The number of aryl methyl sites for hydroxylation is 1. The van der Waals surface area contributed by atoms with Crippen LogP contribution in [-0.2, 0) is 22.4 Å². The van der Waals surface area contributed by atoms with E-state index in [9.17, 15) is 14.0 Å². The first-order valence-electron chi connectivity index (χ1n) is 12.5. The molecule has 204 valence electrons. The Bertz CT molecular complexity index is 1710. The number of fused-ring (bicyclic) bond motifs is 1. The van der Waals surface area contributed by atoms with Crippen molar-refractivity contribution >= 4 is 22.8 Å². The standard InChI is InChI=1S/C30H26F2N4O4/c1-33-30(38)27-21-10-11-34-25(21)15-24(32)28(27)40-20-7-8-23(31)22(14-20)29-35-16-19(36-29)13-18-5-3-4-17(12-18)6-9-26(37)39-2/h3-5,7-8,10-12,14-16,34H,6,9,13H2,1-2H3,(H,33,38)(H,35,36). The lowest BCUT2D eigenvalue weighted by atomic mass is 10.0. The lowest BCUT2D eigenvalue weighted by Crippen LogP contribution is -2.19. The molecule has 1 amide bonds. The van der Waals surface area contributed by atoms with Crippen LogP contribution < -0.4 is 10.1 Å². The Kier molecular flexibility index (Phi) is 7.59. The van der Waals surface area contributed by atoms with Crippen molar-refractivity contribution in [1.82, 2.24) is 20.3 Å². The molecule has 40 heavy (non-hydrogen) atoms. The number of nitrogens with one attached hydrogen (secondary N) is 3. The number of aromatic nitrogens is 3. The van der Waals surface area contributed by atoms with Gasteiger partial charge in [0.25, 0.3) is 5.91 Å². The number of esters is 1. The second kappa shape index (κ2) is 11.4. The molecule has 3 aromatic carbocycles. The number of imidazole rings is 1. The monoisotopic (exact) mass is 544 g/mol. The molecule has 0 saturated carbocycles. The summed E-state index contributed by atoms with van der Waals surface area (Å²) in [7, 11) is 2.81. The van der Waals surface area contributed by atoms with E-state index in [0.717, 1.165) is 16.8 Å². The molecule has 0 aliphatic carbocycles. The van der Waals surface area contributed by atoms with Crippen LogP contribution in [0.3, 0.4) is 0 Å². The Hall–Kier alpha value is -4.99. The lowest BCUT2D eigenvalue weighted by Gasteiger charge is -2.13. The van der Waals surface area contributed by atoms with E-state index in [4.69, 9.17) is 9.47 Å². The van der Waals surface area contributed by atoms with Crippen molar-refractivity contribution in [3.63, 3.8) is 0 Å². The summed E-state index contributed by atoms with van der Waals surface area (Å²) in [5.41, 5.74) is 3.34. The normalized spacial score (nSPS) is 11.0. The summed E-state index contributed by atoms with van der Waals surface area (Å²) in [6.07, 6.45) is 4.58. The number of hydrogen-bond donors (Lipinski definition) is 3. The average molecular weight is 545 g/mol. The number of carbonyl (C=O) groups is 2. The number of rotatable bonds is 9. The maximum Gasteiger partial charge on any atom is 0.305 e. The molecule has 0 aliphatic rings. The molecule has 5 aromatic rings. The molecular weight excluding hydrogens is 518 g/mol. The molecule has 8 nitrogen and oxygen atoms in total. The summed E-state index contributed by atoms with van der Waals surface area (Å²) in [4.78, 5) is 34.4. The maximum absolute atomic E-state index is 15.0. The highest BCUT2D eigenvalue weighted by molar-refractivity contribution is 6.09. The van der Waals surface area contributed by atoms with Crippen molar-refractivity contribution in [2.24, 2.45) is 0 Å². The first-order chi connectivity index (χ1) is 19.4. The van der Waals surface area contributed by atoms with Crippen molar-refractivity contribution in [2.45, 2.75) is 19.3 Å². The highest BCUT2D eigenvalue weighted by Crippen LogP contribution is 2.36. The van der Waals surface area contributed by atoms with Crippen LogP contribution in [0.25, 0.3) is 22.3 Å². The minimum Gasteiger partial charge on any atom is -0.469 e. The molecule has 2 heterocycles. The molecule has 0 bridgehead atoms. The Morgan fingerprint density at radius 2 is 1.85 bits per heavy atom. The van der Waals surface area contributed by atoms with Gasteiger partial charge in [-0.1, -0.05) is 24.3 Å². The first-order valence-corrected chi connectivity index (χ1v) is 12.5. The van der Waals surface area contributed by atoms with Gasteiger partial charge >= 0.3 is 5.97 Å². The number of hydrogen-bond acceptors (Lipinski definition) is 5. The summed E-state index contributed by atoms with van der Waals surface area (Å²) < 4.78 is 40.5. The summed E-state index contributed by atoms with van der Waals surface area (Å²) in [5, 5.41) is 3.00. The second-order valence-electron chi connectivity index (χ2n) is 9.15. The Morgan fingerprint density at radius 1 is 1.02 bits per heavy atom. The molecule has 3 N–H and O–H groups in total. The van der Waals surface area contributed by atoms with Gasteiger partial charge < -0.3 is 24.8 Å². The van der Waals surface area contributed by atoms with E-state index in [1.807, 2.05) is 24.3 Å². The van der Waals surface area contributed by atoms with E-state index in [-0.39, 0.29) is 34.4 Å². The Morgan fingerprint density at radius 3 is 2.65 bits per heavy atom. The Balaban J connectivity index is 1.39. The van der Waals surface area contributed by atoms with Crippen molar-refractivity contribution in [2.75, 3.05) is 14.2 Å². The number of methoxy groups -OCH3 is 1. The summed E-state index contributed by atoms with van der Waals surface area (Å²) in [6.45, 7) is 0. The molecule has 0 saturated heterocycles. The molecule has 0 unspecified atom stereocenters. The summed E-state index contributed by atoms with van der Waals surface area (Å²) >= 11 is 0. The molecular formula is C30H26F2N4O4. The minimum absolute atomic E-state index is 0.0266. The van der Waals surface area contributed by atoms with Gasteiger partial charge in [-0.2, -0.15) is 0 Å². The van der Waals surface area contributed by atoms with E-state index in [1.165, 1.54) is 38.4 Å². The molecule has 0 fully saturated rings. The van der Waals surface area contributed by atoms with Gasteiger partial charge in [0.1, 0.15) is 17.4 Å². The number of nitrogens with zero attached hydrogens (tertiary/aromatic N) is 1. The zero-order valence-electron chi connectivity index (χ0n) is 21.8. The highest BCUT2D eigenvalue weighted by atomic mass is 19.1. The molecule has 0 spiro atoms. The smallest absolute Gasteiger partial charge is 0.305 e. The average Bonchev–Trinajstić information content (AvgIpc) is 3.62. The van der Waals surface area contributed by atoms with Crippen molar-refractivity contribution in [1.29, 1.82) is 0 Å². The van der Waals surface area contributed by atoms with Gasteiger partial charge in [-0.15, -0.1) is 0 Å². The highest BCUT2D eigenvalue weighted by Gasteiger charge is 2.22. The van der Waals surface area contributed by atoms with E-state index in [2.05, 4.69) is 20.3 Å². The van der Waals surface area contributed by atoms with E-state index < -0.39 is 17.5 Å². The number of H-pyrrole nitrogens is 2. The predicted molar refractivity (Wildman–Crippen MR) is 145 cm³/mol. The number of halogens is 2. The van der Waals surface area contributed by atoms with Crippen molar-refractivity contribution in [3.05, 3.63) is 101 Å². The zero-order chi connectivity index (χ0) is 28.2. The van der Waals surface area contributed by atoms with Crippen LogP contribution in [-0.4, -0.2) is 41.0 Å². The number of benzene rings is 3. The van der Waals surface area contributed by atoms with Crippen LogP contribution in [0.1, 0.15) is 33.6 Å². The molecule has 2 aromatic heterocycles. The van der Waals surface area contributed by atoms with E-state index in [1.54, 1.807) is 18.5 Å². The van der Waals surface area contributed by atoms with Gasteiger partial charge in [-0.25, -0.2) is 13.8 Å². The van der Waals surface area contributed by atoms with E-state index >= 15 is 4.39 Å². The summed E-state index contributed by atoms with van der Waals surface area (Å²) in [5.74, 6) is -1.95. The molecule has 0 aliphatic heterocycles. The van der Waals surface area contributed by atoms with Crippen molar-refractivity contribution in [3.8, 4) is 22.9 Å². The maximum atomic E-state index is 15.0. The third kappa shape index (κ3) is 5.56. The first kappa shape index (κ1) is 26.6. The largest absolute Gasteiger partial charge is 0.469 e. The fourth-order valence-electron chi connectivity index (χ4n) is 4.52. The third-order valence-electron chi connectivity index (χ3n) is 6.49. The van der Waals surface area contributed by atoms with Gasteiger partial charge in [0.05, 0.1) is 18.2 Å². The fourth-order valence-corrected chi connectivity index (χ4v) is 4.52. The topological polar surface area (TPSA) is 109 Å². The fraction of sp³-hybridized carbons (Fsp3) is 0.167. The zero-order valence-corrected chi connectivity index (χ0v) is 21.8. The van der Waals surface area contributed by atoms with Crippen LogP contribution >= 0.6 is 0 Å². The van der Waals surface area contributed by atoms with Crippen LogP contribution in [0.4, 0.5) is 8.78 Å². The molecule has 10 heteroatoms. The van der Waals surface area contributed by atoms with Crippen LogP contribution in [0, 0.1) is 11.6 Å². The number of aromatic amines is 2. The van der Waals surface area contributed by atoms with Crippen LogP contribution in [0.2, 0.25) is 0 Å². The van der Waals surface area contributed by atoms with Gasteiger partial charge in [0, 0.05) is 54.9 Å². The van der Waals surface area contributed by atoms with Gasteiger partial charge in [0.2, 0.25) is 0 Å². The number of amides is 1.